The summed E-state index contributed by atoms with van der Waals surface area (Å²) < 4.78 is 5.42. The van der Waals surface area contributed by atoms with Crippen molar-refractivity contribution in [2.75, 3.05) is 36.5 Å². The number of halogens is 1. The molecule has 4 N–H and O–H groups in total. The minimum atomic E-state index is -0.661. The molecule has 0 spiro atoms. The van der Waals surface area contributed by atoms with Crippen LogP contribution in [-0.4, -0.2) is 43.4 Å². The van der Waals surface area contributed by atoms with Crippen LogP contribution in [0.2, 0.25) is 5.02 Å². The molecule has 1 saturated heterocycles. The highest BCUT2D eigenvalue weighted by molar-refractivity contribution is 6.33. The van der Waals surface area contributed by atoms with Gasteiger partial charge in [0.2, 0.25) is 5.91 Å². The number of rotatable bonds is 2. The van der Waals surface area contributed by atoms with Gasteiger partial charge >= 0.3 is 0 Å². The summed E-state index contributed by atoms with van der Waals surface area (Å²) >= 11 is 6.31. The Bertz CT molecular complexity index is 552. The molecule has 2 atom stereocenters. The lowest BCUT2D eigenvalue weighted by molar-refractivity contribution is -0.116. The number of benzene rings is 1. The molecule has 3 rings (SSSR count). The number of carbonyl (C=O) groups is 1. The second-order valence-corrected chi connectivity index (χ2v) is 5.39. The minimum absolute atomic E-state index is 0.0271. The van der Waals surface area contributed by atoms with Crippen molar-refractivity contribution in [1.29, 1.82) is 0 Å². The van der Waals surface area contributed by atoms with Gasteiger partial charge in [0.25, 0.3) is 0 Å². The SMILES string of the molecule is NC1C(=O)Nc2cc(N3CCOC(CO)C3)c(Cl)cc21. The molecule has 0 aromatic heterocycles. The van der Waals surface area contributed by atoms with Gasteiger partial charge in [0.1, 0.15) is 6.04 Å². The van der Waals surface area contributed by atoms with Crippen molar-refractivity contribution in [3.8, 4) is 0 Å². The molecule has 2 heterocycles. The van der Waals surface area contributed by atoms with Gasteiger partial charge < -0.3 is 25.8 Å². The monoisotopic (exact) mass is 297 g/mol. The standard InChI is InChI=1S/C13H16ClN3O3/c14-9-3-8-10(16-13(19)12(8)15)4-11(9)17-1-2-20-7(5-17)6-18/h3-4,7,12,18H,1-2,5-6,15H2,(H,16,19). The Morgan fingerprint density at radius 3 is 3.10 bits per heavy atom. The number of hydrogen-bond donors (Lipinski definition) is 3. The van der Waals surface area contributed by atoms with E-state index in [4.69, 9.17) is 22.1 Å². The van der Waals surface area contributed by atoms with E-state index in [0.717, 1.165) is 11.3 Å². The zero-order valence-corrected chi connectivity index (χ0v) is 11.6. The Morgan fingerprint density at radius 1 is 1.55 bits per heavy atom. The van der Waals surface area contributed by atoms with Gasteiger partial charge in [-0.3, -0.25) is 4.79 Å². The molecule has 0 saturated carbocycles. The Balaban J connectivity index is 1.91. The Hall–Kier alpha value is -1.34. The summed E-state index contributed by atoms with van der Waals surface area (Å²) in [6.07, 6.45) is -0.218. The number of nitrogens with one attached hydrogen (secondary N) is 1. The second kappa shape index (κ2) is 5.21. The Morgan fingerprint density at radius 2 is 2.35 bits per heavy atom. The predicted molar refractivity (Wildman–Crippen MR) is 76.0 cm³/mol. The van der Waals surface area contributed by atoms with E-state index in [9.17, 15) is 9.90 Å². The van der Waals surface area contributed by atoms with Crippen LogP contribution in [0.3, 0.4) is 0 Å². The third-order valence-electron chi connectivity index (χ3n) is 3.68. The lowest BCUT2D eigenvalue weighted by Crippen LogP contribution is -2.44. The third-order valence-corrected chi connectivity index (χ3v) is 3.98. The number of anilines is 2. The summed E-state index contributed by atoms with van der Waals surface area (Å²) in [6, 6.07) is 2.91. The number of amides is 1. The molecular formula is C13H16ClN3O3. The molecule has 108 valence electrons. The lowest BCUT2D eigenvalue weighted by Gasteiger charge is -2.34. The highest BCUT2D eigenvalue weighted by atomic mass is 35.5. The summed E-state index contributed by atoms with van der Waals surface area (Å²) in [4.78, 5) is 13.6. The molecule has 0 radical (unpaired) electrons. The van der Waals surface area contributed by atoms with E-state index in [1.54, 1.807) is 6.07 Å². The fourth-order valence-electron chi connectivity index (χ4n) is 2.59. The van der Waals surface area contributed by atoms with Crippen molar-refractivity contribution < 1.29 is 14.6 Å². The summed E-state index contributed by atoms with van der Waals surface area (Å²) in [5, 5.41) is 12.5. The fraction of sp³-hybridized carbons (Fsp3) is 0.462. The maximum Gasteiger partial charge on any atom is 0.245 e. The Labute approximate surface area is 121 Å². The molecule has 1 aromatic carbocycles. The predicted octanol–water partition coefficient (Wildman–Crippen LogP) is 0.489. The van der Waals surface area contributed by atoms with Gasteiger partial charge in [0.15, 0.2) is 0 Å². The van der Waals surface area contributed by atoms with Gasteiger partial charge in [-0.2, -0.15) is 0 Å². The number of nitrogens with two attached hydrogens (primary N) is 1. The van der Waals surface area contributed by atoms with Crippen molar-refractivity contribution in [3.63, 3.8) is 0 Å². The van der Waals surface area contributed by atoms with E-state index >= 15 is 0 Å². The zero-order chi connectivity index (χ0) is 14.3. The van der Waals surface area contributed by atoms with Crippen LogP contribution in [0.15, 0.2) is 12.1 Å². The molecule has 7 heteroatoms. The van der Waals surface area contributed by atoms with Crippen molar-refractivity contribution >= 4 is 28.9 Å². The largest absolute Gasteiger partial charge is 0.394 e. The van der Waals surface area contributed by atoms with E-state index in [0.29, 0.717) is 30.4 Å². The smallest absolute Gasteiger partial charge is 0.245 e. The number of ether oxygens (including phenoxy) is 1. The molecule has 1 amide bonds. The van der Waals surface area contributed by atoms with Crippen molar-refractivity contribution in [3.05, 3.63) is 22.7 Å². The number of nitrogens with zero attached hydrogens (tertiary/aromatic N) is 1. The second-order valence-electron chi connectivity index (χ2n) is 4.98. The van der Waals surface area contributed by atoms with Gasteiger partial charge in [0.05, 0.1) is 30.0 Å². The number of carbonyl (C=O) groups excluding carboxylic acids is 1. The number of aliphatic hydroxyl groups excluding tert-OH is 1. The van der Waals surface area contributed by atoms with Crippen LogP contribution >= 0.6 is 11.6 Å². The van der Waals surface area contributed by atoms with Crippen LogP contribution in [0.4, 0.5) is 11.4 Å². The number of morpholine rings is 1. The molecule has 2 unspecified atom stereocenters. The van der Waals surface area contributed by atoms with Crippen LogP contribution in [0, 0.1) is 0 Å². The average Bonchev–Trinajstić information content (AvgIpc) is 2.73. The summed E-state index contributed by atoms with van der Waals surface area (Å²) in [5.41, 5.74) is 8.04. The van der Waals surface area contributed by atoms with Crippen LogP contribution in [0.1, 0.15) is 11.6 Å². The molecule has 2 aliphatic heterocycles. The van der Waals surface area contributed by atoms with Crippen LogP contribution in [0.25, 0.3) is 0 Å². The highest BCUT2D eigenvalue weighted by Gasteiger charge is 2.30. The van der Waals surface area contributed by atoms with Crippen LogP contribution < -0.4 is 16.0 Å². The van der Waals surface area contributed by atoms with Gasteiger partial charge in [-0.15, -0.1) is 0 Å². The molecule has 1 fully saturated rings. The quantitative estimate of drug-likeness (QED) is 0.739. The van der Waals surface area contributed by atoms with E-state index < -0.39 is 6.04 Å². The first-order valence-corrected chi connectivity index (χ1v) is 6.85. The van der Waals surface area contributed by atoms with E-state index in [1.807, 2.05) is 11.0 Å². The zero-order valence-electron chi connectivity index (χ0n) is 10.8. The van der Waals surface area contributed by atoms with E-state index in [2.05, 4.69) is 5.32 Å². The molecule has 0 bridgehead atoms. The van der Waals surface area contributed by atoms with Crippen molar-refractivity contribution in [2.24, 2.45) is 5.73 Å². The average molecular weight is 298 g/mol. The van der Waals surface area contributed by atoms with E-state index in [-0.39, 0.29) is 18.6 Å². The van der Waals surface area contributed by atoms with Crippen molar-refractivity contribution in [2.45, 2.75) is 12.1 Å². The summed E-state index contributed by atoms with van der Waals surface area (Å²) in [6.45, 7) is 1.76. The van der Waals surface area contributed by atoms with Crippen LogP contribution in [0.5, 0.6) is 0 Å². The van der Waals surface area contributed by atoms with E-state index in [1.165, 1.54) is 0 Å². The normalized spacial score (nSPS) is 25.6. The maximum absolute atomic E-state index is 11.6. The van der Waals surface area contributed by atoms with Crippen molar-refractivity contribution in [1.82, 2.24) is 0 Å². The van der Waals surface area contributed by atoms with Gasteiger partial charge in [-0.25, -0.2) is 0 Å². The molecule has 2 aliphatic rings. The summed E-state index contributed by atoms with van der Waals surface area (Å²) in [7, 11) is 0. The number of fused-ring (bicyclic) bond motifs is 1. The maximum atomic E-state index is 11.6. The first kappa shape index (κ1) is 13.6. The molecular weight excluding hydrogens is 282 g/mol. The highest BCUT2D eigenvalue weighted by Crippen LogP contribution is 2.38. The molecule has 6 nitrogen and oxygen atoms in total. The number of aliphatic hydroxyl groups is 1. The first-order valence-electron chi connectivity index (χ1n) is 6.47. The van der Waals surface area contributed by atoms with Crippen LogP contribution in [-0.2, 0) is 9.53 Å². The molecule has 0 aliphatic carbocycles. The summed E-state index contributed by atoms with van der Waals surface area (Å²) in [5.74, 6) is -0.219. The molecule has 1 aromatic rings. The Kier molecular flexibility index (Phi) is 3.55. The lowest BCUT2D eigenvalue weighted by atomic mass is 10.1. The molecule has 20 heavy (non-hydrogen) atoms. The van der Waals surface area contributed by atoms with Gasteiger partial charge in [0, 0.05) is 24.3 Å². The first-order chi connectivity index (χ1) is 9.60. The third kappa shape index (κ3) is 2.25. The van der Waals surface area contributed by atoms with Gasteiger partial charge in [-0.1, -0.05) is 11.6 Å². The number of hydrogen-bond acceptors (Lipinski definition) is 5. The topological polar surface area (TPSA) is 87.8 Å². The van der Waals surface area contributed by atoms with Gasteiger partial charge in [-0.05, 0) is 12.1 Å². The fourth-order valence-corrected chi connectivity index (χ4v) is 2.88. The minimum Gasteiger partial charge on any atom is -0.394 e.